The molecule has 1 aromatic rings. The molecule has 11 heteroatoms. The SMILES string of the molecule is [N-]=[N+]=NCCCNC(=O)c1ccc(B(O)O)c([N+](=O)[O-])c1. The van der Waals surface area contributed by atoms with E-state index < -0.39 is 23.6 Å². The van der Waals surface area contributed by atoms with E-state index in [0.29, 0.717) is 6.42 Å². The standard InChI is InChI=1S/C10H12BN5O5/c12-15-14-5-1-4-13-10(17)7-2-3-8(11(18)19)9(6-7)16(20)21/h2-3,6,18-19H,1,4-5H2,(H,13,17). The molecule has 0 aromatic heterocycles. The van der Waals surface area contributed by atoms with Crippen molar-refractivity contribution < 1.29 is 19.8 Å². The summed E-state index contributed by atoms with van der Waals surface area (Å²) in [5.74, 6) is -0.544. The molecule has 1 rings (SSSR count). The van der Waals surface area contributed by atoms with Gasteiger partial charge in [-0.15, -0.1) is 0 Å². The number of nitrogens with one attached hydrogen (secondary N) is 1. The van der Waals surface area contributed by atoms with Crippen LogP contribution in [-0.2, 0) is 0 Å². The van der Waals surface area contributed by atoms with E-state index in [1.807, 2.05) is 0 Å². The highest BCUT2D eigenvalue weighted by Crippen LogP contribution is 2.11. The van der Waals surface area contributed by atoms with Gasteiger partial charge in [0.2, 0.25) is 0 Å². The first-order chi connectivity index (χ1) is 9.97. The summed E-state index contributed by atoms with van der Waals surface area (Å²) < 4.78 is 0. The van der Waals surface area contributed by atoms with Gasteiger partial charge >= 0.3 is 7.12 Å². The average molecular weight is 293 g/mol. The van der Waals surface area contributed by atoms with Gasteiger partial charge in [0.1, 0.15) is 0 Å². The number of hydrogen-bond acceptors (Lipinski definition) is 6. The van der Waals surface area contributed by atoms with Crippen LogP contribution in [0.25, 0.3) is 10.4 Å². The van der Waals surface area contributed by atoms with Crippen LogP contribution in [0, 0.1) is 10.1 Å². The summed E-state index contributed by atoms with van der Waals surface area (Å²) in [6.07, 6.45) is 0.436. The van der Waals surface area contributed by atoms with Crippen molar-refractivity contribution in [2.24, 2.45) is 5.11 Å². The molecule has 3 N–H and O–H groups in total. The molecule has 0 atom stereocenters. The van der Waals surface area contributed by atoms with Gasteiger partial charge in [0.25, 0.3) is 11.6 Å². The Bertz CT molecular complexity index is 587. The topological polar surface area (TPSA) is 161 Å². The fourth-order valence-corrected chi connectivity index (χ4v) is 1.56. The molecule has 21 heavy (non-hydrogen) atoms. The van der Waals surface area contributed by atoms with Gasteiger partial charge in [-0.1, -0.05) is 11.2 Å². The van der Waals surface area contributed by atoms with Gasteiger partial charge in [-0.3, -0.25) is 14.9 Å². The second-order valence-corrected chi connectivity index (χ2v) is 3.97. The van der Waals surface area contributed by atoms with E-state index in [4.69, 9.17) is 15.6 Å². The van der Waals surface area contributed by atoms with Crippen LogP contribution in [0.15, 0.2) is 23.3 Å². The number of nitro groups is 1. The van der Waals surface area contributed by atoms with Crippen molar-refractivity contribution in [2.75, 3.05) is 13.1 Å². The normalized spacial score (nSPS) is 9.62. The van der Waals surface area contributed by atoms with Gasteiger partial charge in [-0.25, -0.2) is 0 Å². The van der Waals surface area contributed by atoms with Crippen molar-refractivity contribution in [2.45, 2.75) is 6.42 Å². The highest BCUT2D eigenvalue weighted by Gasteiger charge is 2.25. The van der Waals surface area contributed by atoms with Crippen LogP contribution in [0.3, 0.4) is 0 Å². The highest BCUT2D eigenvalue weighted by atomic mass is 16.6. The summed E-state index contributed by atoms with van der Waals surface area (Å²) in [6, 6.07) is 3.33. The predicted octanol–water partition coefficient (Wildman–Crippen LogP) is -0.295. The zero-order valence-electron chi connectivity index (χ0n) is 10.8. The molecule has 0 heterocycles. The molecule has 0 aliphatic heterocycles. The summed E-state index contributed by atoms with van der Waals surface area (Å²) in [6.45, 7) is 0.475. The summed E-state index contributed by atoms with van der Waals surface area (Å²) in [5, 5.41) is 34.7. The number of nitro benzene ring substituents is 1. The second kappa shape index (κ2) is 7.85. The number of azide groups is 1. The Balaban J connectivity index is 2.79. The molecule has 0 saturated carbocycles. The Labute approximate surface area is 119 Å². The molecule has 0 fully saturated rings. The molecule has 110 valence electrons. The van der Waals surface area contributed by atoms with Crippen LogP contribution in [0.5, 0.6) is 0 Å². The van der Waals surface area contributed by atoms with Crippen molar-refractivity contribution in [3.8, 4) is 0 Å². The van der Waals surface area contributed by atoms with Gasteiger partial charge in [0, 0.05) is 29.6 Å². The van der Waals surface area contributed by atoms with Crippen molar-refractivity contribution in [1.29, 1.82) is 0 Å². The summed E-state index contributed by atoms with van der Waals surface area (Å²) in [7, 11) is -1.99. The number of rotatable bonds is 7. The van der Waals surface area contributed by atoms with Crippen molar-refractivity contribution >= 4 is 24.2 Å². The van der Waals surface area contributed by atoms with Crippen LogP contribution >= 0.6 is 0 Å². The Kier molecular flexibility index (Phi) is 6.14. The van der Waals surface area contributed by atoms with Gasteiger partial charge in [0.05, 0.1) is 10.4 Å². The number of nitrogens with zero attached hydrogens (tertiary/aromatic N) is 4. The first kappa shape index (κ1) is 16.4. The van der Waals surface area contributed by atoms with E-state index in [2.05, 4.69) is 15.3 Å². The Morgan fingerprint density at radius 2 is 2.24 bits per heavy atom. The number of amides is 1. The third kappa shape index (κ3) is 4.77. The molecule has 0 radical (unpaired) electrons. The first-order valence-electron chi connectivity index (χ1n) is 5.91. The molecule has 0 aliphatic carbocycles. The van der Waals surface area contributed by atoms with E-state index in [-0.39, 0.29) is 24.1 Å². The summed E-state index contributed by atoms with van der Waals surface area (Å²) in [4.78, 5) is 24.4. The molecule has 1 aromatic carbocycles. The minimum atomic E-state index is -1.99. The third-order valence-electron chi connectivity index (χ3n) is 2.55. The van der Waals surface area contributed by atoms with Gasteiger partial charge < -0.3 is 15.4 Å². The lowest BCUT2D eigenvalue weighted by atomic mass is 9.78. The molecule has 0 aliphatic rings. The van der Waals surface area contributed by atoms with E-state index in [1.54, 1.807) is 0 Å². The van der Waals surface area contributed by atoms with Crippen LogP contribution in [0.4, 0.5) is 5.69 Å². The van der Waals surface area contributed by atoms with Crippen LogP contribution in [0.1, 0.15) is 16.8 Å². The lowest BCUT2D eigenvalue weighted by Crippen LogP contribution is -2.33. The molecular formula is C10H12BN5O5. The molecule has 0 saturated heterocycles. The quantitative estimate of drug-likeness (QED) is 0.119. The van der Waals surface area contributed by atoms with Crippen LogP contribution < -0.4 is 10.8 Å². The van der Waals surface area contributed by atoms with Crippen LogP contribution in [-0.4, -0.2) is 41.1 Å². The summed E-state index contributed by atoms with van der Waals surface area (Å²) >= 11 is 0. The average Bonchev–Trinajstić information content (AvgIpc) is 2.46. The van der Waals surface area contributed by atoms with Gasteiger partial charge in [-0.05, 0) is 18.0 Å². The lowest BCUT2D eigenvalue weighted by Gasteiger charge is -2.06. The fourth-order valence-electron chi connectivity index (χ4n) is 1.56. The second-order valence-electron chi connectivity index (χ2n) is 3.97. The molecule has 0 spiro atoms. The molecular weight excluding hydrogens is 281 g/mol. The number of carbonyl (C=O) groups is 1. The summed E-state index contributed by atoms with van der Waals surface area (Å²) in [5.41, 5.74) is 7.25. The largest absolute Gasteiger partial charge is 0.495 e. The molecule has 0 unspecified atom stereocenters. The molecule has 1 amide bonds. The van der Waals surface area contributed by atoms with Gasteiger partial charge in [-0.2, -0.15) is 0 Å². The molecule has 0 bridgehead atoms. The number of benzene rings is 1. The Morgan fingerprint density at radius 3 is 2.81 bits per heavy atom. The van der Waals surface area contributed by atoms with Crippen LogP contribution in [0.2, 0.25) is 0 Å². The van der Waals surface area contributed by atoms with E-state index in [9.17, 15) is 14.9 Å². The Morgan fingerprint density at radius 1 is 1.52 bits per heavy atom. The Hall–Kier alpha value is -2.62. The van der Waals surface area contributed by atoms with E-state index in [0.717, 1.165) is 12.1 Å². The van der Waals surface area contributed by atoms with Crippen molar-refractivity contribution in [1.82, 2.24) is 5.32 Å². The minimum Gasteiger partial charge on any atom is -0.423 e. The third-order valence-corrected chi connectivity index (χ3v) is 2.55. The zero-order chi connectivity index (χ0) is 15.8. The number of hydrogen-bond donors (Lipinski definition) is 3. The number of carbonyl (C=O) groups excluding carboxylic acids is 1. The smallest absolute Gasteiger partial charge is 0.423 e. The maximum absolute atomic E-state index is 11.8. The zero-order valence-corrected chi connectivity index (χ0v) is 10.8. The van der Waals surface area contributed by atoms with Crippen molar-refractivity contribution in [3.63, 3.8) is 0 Å². The van der Waals surface area contributed by atoms with E-state index in [1.165, 1.54) is 6.07 Å². The maximum atomic E-state index is 11.8. The van der Waals surface area contributed by atoms with E-state index >= 15 is 0 Å². The lowest BCUT2D eigenvalue weighted by molar-refractivity contribution is -0.383. The van der Waals surface area contributed by atoms with Crippen molar-refractivity contribution in [3.05, 3.63) is 44.3 Å². The predicted molar refractivity (Wildman–Crippen MR) is 73.9 cm³/mol. The minimum absolute atomic E-state index is 0.0230. The first-order valence-corrected chi connectivity index (χ1v) is 5.91. The monoisotopic (exact) mass is 293 g/mol. The highest BCUT2D eigenvalue weighted by molar-refractivity contribution is 6.60. The maximum Gasteiger partial charge on any atom is 0.495 e. The molecule has 10 nitrogen and oxygen atoms in total. The fraction of sp³-hybridized carbons (Fsp3) is 0.300. The van der Waals surface area contributed by atoms with Gasteiger partial charge in [0.15, 0.2) is 0 Å².